The number of benzene rings is 1. The fourth-order valence-electron chi connectivity index (χ4n) is 1.39. The number of rotatable bonds is 3. The number of halogens is 3. The lowest BCUT2D eigenvalue weighted by atomic mass is 9.95. The zero-order valence-corrected chi connectivity index (χ0v) is 9.39. The fraction of sp³-hybridized carbons (Fsp3) is 0.400. The van der Waals surface area contributed by atoms with Gasteiger partial charge in [0.05, 0.1) is 5.92 Å². The van der Waals surface area contributed by atoms with Crippen LogP contribution < -0.4 is 5.73 Å². The molecular formula is C10H12BrF2N. The molecule has 0 aliphatic rings. The van der Waals surface area contributed by atoms with E-state index in [0.717, 1.165) is 10.0 Å². The lowest BCUT2D eigenvalue weighted by molar-refractivity contribution is 0.117. The predicted molar refractivity (Wildman–Crippen MR) is 56.7 cm³/mol. The molecule has 1 aromatic carbocycles. The van der Waals surface area contributed by atoms with Crippen molar-refractivity contribution in [2.24, 2.45) is 5.73 Å². The summed E-state index contributed by atoms with van der Waals surface area (Å²) in [7, 11) is 0. The van der Waals surface area contributed by atoms with E-state index in [0.29, 0.717) is 5.56 Å². The molecule has 0 heterocycles. The van der Waals surface area contributed by atoms with Gasteiger partial charge in [-0.05, 0) is 24.1 Å². The van der Waals surface area contributed by atoms with Crippen LogP contribution in [0, 0.1) is 6.92 Å². The highest BCUT2D eigenvalue weighted by Crippen LogP contribution is 2.29. The molecule has 0 aliphatic heterocycles. The predicted octanol–water partition coefficient (Wildman–Crippen LogP) is 3.06. The zero-order chi connectivity index (χ0) is 10.7. The largest absolute Gasteiger partial charge is 0.330 e. The van der Waals surface area contributed by atoms with Gasteiger partial charge in [-0.15, -0.1) is 0 Å². The van der Waals surface area contributed by atoms with Gasteiger partial charge in [0.1, 0.15) is 0 Å². The van der Waals surface area contributed by atoms with E-state index in [-0.39, 0.29) is 6.54 Å². The van der Waals surface area contributed by atoms with Crippen molar-refractivity contribution in [1.29, 1.82) is 0 Å². The van der Waals surface area contributed by atoms with Crippen LogP contribution in [0.15, 0.2) is 22.7 Å². The van der Waals surface area contributed by atoms with Crippen LogP contribution in [-0.4, -0.2) is 13.0 Å². The highest BCUT2D eigenvalue weighted by Gasteiger charge is 2.22. The molecule has 78 valence electrons. The van der Waals surface area contributed by atoms with E-state index < -0.39 is 12.3 Å². The summed E-state index contributed by atoms with van der Waals surface area (Å²) in [6, 6.07) is 5.28. The second kappa shape index (κ2) is 4.84. The van der Waals surface area contributed by atoms with Crippen molar-refractivity contribution < 1.29 is 8.78 Å². The van der Waals surface area contributed by atoms with E-state index in [9.17, 15) is 8.78 Å². The first-order valence-corrected chi connectivity index (χ1v) is 5.10. The molecule has 0 spiro atoms. The molecule has 0 saturated carbocycles. The van der Waals surface area contributed by atoms with Crippen LogP contribution in [0.25, 0.3) is 0 Å². The average Bonchev–Trinajstić information content (AvgIpc) is 2.13. The van der Waals surface area contributed by atoms with E-state index in [1.165, 1.54) is 0 Å². The summed E-state index contributed by atoms with van der Waals surface area (Å²) in [6.07, 6.45) is -2.41. The summed E-state index contributed by atoms with van der Waals surface area (Å²) in [5.41, 5.74) is 6.79. The van der Waals surface area contributed by atoms with E-state index in [1.54, 1.807) is 12.1 Å². The van der Waals surface area contributed by atoms with Crippen LogP contribution in [0.2, 0.25) is 0 Å². The molecule has 4 heteroatoms. The second-order valence-corrected chi connectivity index (χ2v) is 3.99. The first kappa shape index (κ1) is 11.6. The van der Waals surface area contributed by atoms with Gasteiger partial charge >= 0.3 is 0 Å². The number of alkyl halides is 2. The molecule has 0 aliphatic carbocycles. The van der Waals surface area contributed by atoms with E-state index in [4.69, 9.17) is 5.73 Å². The highest BCUT2D eigenvalue weighted by atomic mass is 79.9. The molecular weight excluding hydrogens is 252 g/mol. The molecule has 0 bridgehead atoms. The minimum Gasteiger partial charge on any atom is -0.330 e. The van der Waals surface area contributed by atoms with Gasteiger partial charge in [0, 0.05) is 11.0 Å². The Kier molecular flexibility index (Phi) is 4.01. The monoisotopic (exact) mass is 263 g/mol. The van der Waals surface area contributed by atoms with Gasteiger partial charge in [0.25, 0.3) is 0 Å². The highest BCUT2D eigenvalue weighted by molar-refractivity contribution is 9.10. The van der Waals surface area contributed by atoms with Crippen LogP contribution >= 0.6 is 15.9 Å². The molecule has 1 unspecified atom stereocenters. The molecule has 0 radical (unpaired) electrons. The Hall–Kier alpha value is -0.480. The van der Waals surface area contributed by atoms with E-state index >= 15 is 0 Å². The Morgan fingerprint density at radius 2 is 2.07 bits per heavy atom. The summed E-state index contributed by atoms with van der Waals surface area (Å²) in [4.78, 5) is 0. The van der Waals surface area contributed by atoms with Crippen molar-refractivity contribution in [2.75, 3.05) is 6.54 Å². The first-order valence-electron chi connectivity index (χ1n) is 4.31. The van der Waals surface area contributed by atoms with Gasteiger partial charge in [0.2, 0.25) is 6.43 Å². The van der Waals surface area contributed by atoms with Gasteiger partial charge in [-0.25, -0.2) is 8.78 Å². The average molecular weight is 264 g/mol. The van der Waals surface area contributed by atoms with Gasteiger partial charge in [-0.1, -0.05) is 28.1 Å². The Morgan fingerprint density at radius 3 is 2.57 bits per heavy atom. The van der Waals surface area contributed by atoms with Gasteiger partial charge in [-0.3, -0.25) is 0 Å². The fourth-order valence-corrected chi connectivity index (χ4v) is 1.77. The lowest BCUT2D eigenvalue weighted by Gasteiger charge is -2.17. The lowest BCUT2D eigenvalue weighted by Crippen LogP contribution is -2.20. The van der Waals surface area contributed by atoms with Crippen LogP contribution in [0.1, 0.15) is 17.0 Å². The van der Waals surface area contributed by atoms with Crippen molar-refractivity contribution in [3.05, 3.63) is 33.8 Å². The summed E-state index contributed by atoms with van der Waals surface area (Å²) in [5, 5.41) is 0. The molecule has 1 aromatic rings. The molecule has 2 N–H and O–H groups in total. The Balaban J connectivity index is 3.10. The van der Waals surface area contributed by atoms with Crippen molar-refractivity contribution in [3.8, 4) is 0 Å². The van der Waals surface area contributed by atoms with E-state index in [1.807, 2.05) is 13.0 Å². The van der Waals surface area contributed by atoms with E-state index in [2.05, 4.69) is 15.9 Å². The molecule has 0 saturated heterocycles. The maximum atomic E-state index is 12.6. The molecule has 0 fully saturated rings. The van der Waals surface area contributed by atoms with Crippen LogP contribution in [0.3, 0.4) is 0 Å². The van der Waals surface area contributed by atoms with Gasteiger partial charge < -0.3 is 5.73 Å². The Labute approximate surface area is 90.4 Å². The molecule has 1 atom stereocenters. The first-order chi connectivity index (χ1) is 6.57. The topological polar surface area (TPSA) is 26.0 Å². The summed E-state index contributed by atoms with van der Waals surface area (Å²) >= 11 is 3.31. The van der Waals surface area contributed by atoms with Crippen molar-refractivity contribution >= 4 is 15.9 Å². The number of hydrogen-bond acceptors (Lipinski definition) is 1. The van der Waals surface area contributed by atoms with Gasteiger partial charge in [0.15, 0.2) is 0 Å². The maximum Gasteiger partial charge on any atom is 0.246 e. The third-order valence-corrected chi connectivity index (χ3v) is 3.13. The van der Waals surface area contributed by atoms with Crippen molar-refractivity contribution in [2.45, 2.75) is 19.3 Å². The smallest absolute Gasteiger partial charge is 0.246 e. The molecule has 1 rings (SSSR count). The Bertz CT molecular complexity index is 315. The quantitative estimate of drug-likeness (QED) is 0.892. The number of nitrogens with two attached hydrogens (primary N) is 1. The molecule has 0 amide bonds. The summed E-state index contributed by atoms with van der Waals surface area (Å²) in [5.74, 6) is -0.868. The molecule has 14 heavy (non-hydrogen) atoms. The molecule has 0 aromatic heterocycles. The van der Waals surface area contributed by atoms with Gasteiger partial charge in [-0.2, -0.15) is 0 Å². The maximum absolute atomic E-state index is 12.6. The minimum absolute atomic E-state index is 0.0328. The Morgan fingerprint density at radius 1 is 1.43 bits per heavy atom. The second-order valence-electron chi connectivity index (χ2n) is 3.13. The van der Waals surface area contributed by atoms with Crippen LogP contribution in [0.4, 0.5) is 8.78 Å². The van der Waals surface area contributed by atoms with Crippen LogP contribution in [-0.2, 0) is 0 Å². The van der Waals surface area contributed by atoms with Crippen LogP contribution in [0.5, 0.6) is 0 Å². The minimum atomic E-state index is -2.41. The summed E-state index contributed by atoms with van der Waals surface area (Å²) in [6.45, 7) is 1.78. The zero-order valence-electron chi connectivity index (χ0n) is 7.81. The number of hydrogen-bond donors (Lipinski definition) is 1. The SMILES string of the molecule is Cc1c(Br)cccc1C(CN)C(F)F. The van der Waals surface area contributed by atoms with Crippen molar-refractivity contribution in [1.82, 2.24) is 0 Å². The normalized spacial score (nSPS) is 13.3. The standard InChI is InChI=1S/C10H12BrF2N/c1-6-7(3-2-4-9(6)11)8(5-14)10(12)13/h2-4,8,10H,5,14H2,1H3. The molecule has 1 nitrogen and oxygen atoms in total. The van der Waals surface area contributed by atoms with Crippen molar-refractivity contribution in [3.63, 3.8) is 0 Å². The summed E-state index contributed by atoms with van der Waals surface area (Å²) < 4.78 is 26.0. The third kappa shape index (κ3) is 2.30. The third-order valence-electron chi connectivity index (χ3n) is 2.27.